The van der Waals surface area contributed by atoms with Gasteiger partial charge in [-0.15, -0.1) is 0 Å². The van der Waals surface area contributed by atoms with Gasteiger partial charge in [-0.1, -0.05) is 11.6 Å². The molecule has 2 fully saturated rings. The molecule has 1 aromatic heterocycles. The molecule has 4 rings (SSSR count). The number of benzene rings is 1. The van der Waals surface area contributed by atoms with Crippen molar-refractivity contribution in [3.63, 3.8) is 0 Å². The van der Waals surface area contributed by atoms with E-state index < -0.39 is 5.41 Å². The third-order valence-electron chi connectivity index (χ3n) is 6.98. The number of halogens is 1. The van der Waals surface area contributed by atoms with Gasteiger partial charge in [0.05, 0.1) is 25.2 Å². The number of nitrogens with one attached hydrogen (secondary N) is 1. The largest absolute Gasteiger partial charge is 0.493 e. The fraction of sp³-hybridized carbons (Fsp3) is 0.560. The predicted molar refractivity (Wildman–Crippen MR) is 129 cm³/mol. The number of aryl methyl sites for hydroxylation is 2. The highest BCUT2D eigenvalue weighted by molar-refractivity contribution is 6.32. The number of amides is 2. The number of imidazole rings is 1. The Morgan fingerprint density at radius 1 is 1.21 bits per heavy atom. The van der Waals surface area contributed by atoms with E-state index in [4.69, 9.17) is 16.3 Å². The van der Waals surface area contributed by atoms with Crippen LogP contribution in [0.25, 0.3) is 0 Å². The van der Waals surface area contributed by atoms with Crippen LogP contribution < -0.4 is 4.74 Å². The highest BCUT2D eigenvalue weighted by Crippen LogP contribution is 2.37. The highest BCUT2D eigenvalue weighted by Gasteiger charge is 2.41. The zero-order chi connectivity index (χ0) is 24.3. The molecule has 0 spiro atoms. The number of aromatic amines is 1. The van der Waals surface area contributed by atoms with Crippen molar-refractivity contribution < 1.29 is 19.4 Å². The van der Waals surface area contributed by atoms with Crippen LogP contribution in [0.1, 0.15) is 53.7 Å². The van der Waals surface area contributed by atoms with Crippen molar-refractivity contribution in [2.75, 3.05) is 32.8 Å². The van der Waals surface area contributed by atoms with Crippen LogP contribution in [-0.4, -0.2) is 75.6 Å². The summed E-state index contributed by atoms with van der Waals surface area (Å²) in [6.07, 6.45) is 5.75. The first kappa shape index (κ1) is 24.5. The fourth-order valence-electron chi connectivity index (χ4n) is 5.01. The van der Waals surface area contributed by atoms with E-state index in [0.717, 1.165) is 29.0 Å². The van der Waals surface area contributed by atoms with Gasteiger partial charge in [0.15, 0.2) is 0 Å². The van der Waals surface area contributed by atoms with Crippen molar-refractivity contribution in [3.05, 3.63) is 46.5 Å². The molecule has 0 radical (unpaired) electrons. The lowest BCUT2D eigenvalue weighted by Crippen LogP contribution is -2.51. The molecule has 34 heavy (non-hydrogen) atoms. The zero-order valence-electron chi connectivity index (χ0n) is 19.8. The molecule has 9 heteroatoms. The fourth-order valence-corrected chi connectivity index (χ4v) is 5.12. The Morgan fingerprint density at radius 3 is 2.56 bits per heavy atom. The molecule has 2 aliphatic heterocycles. The van der Waals surface area contributed by atoms with Crippen LogP contribution in [-0.2, 0) is 4.79 Å². The predicted octanol–water partition coefficient (Wildman–Crippen LogP) is 3.35. The molecule has 1 atom stereocenters. The molecule has 0 saturated carbocycles. The van der Waals surface area contributed by atoms with Gasteiger partial charge in [-0.25, -0.2) is 4.98 Å². The molecule has 8 nitrogen and oxygen atoms in total. The Hall–Kier alpha value is -2.58. The summed E-state index contributed by atoms with van der Waals surface area (Å²) in [5.74, 6) is 0.646. The van der Waals surface area contributed by atoms with Crippen molar-refractivity contribution in [2.45, 2.75) is 52.1 Å². The van der Waals surface area contributed by atoms with Gasteiger partial charge >= 0.3 is 0 Å². The molecule has 2 aliphatic rings. The maximum atomic E-state index is 13.3. The van der Waals surface area contributed by atoms with Crippen molar-refractivity contribution in [2.24, 2.45) is 5.41 Å². The Labute approximate surface area is 205 Å². The average Bonchev–Trinajstić information content (AvgIpc) is 3.36. The van der Waals surface area contributed by atoms with Gasteiger partial charge in [-0.05, 0) is 62.8 Å². The van der Waals surface area contributed by atoms with E-state index in [1.165, 1.54) is 12.5 Å². The monoisotopic (exact) mass is 488 g/mol. The molecular weight excluding hydrogens is 456 g/mol. The van der Waals surface area contributed by atoms with Crippen LogP contribution in [0.3, 0.4) is 0 Å². The molecule has 184 valence electrons. The van der Waals surface area contributed by atoms with Gasteiger partial charge < -0.3 is 24.6 Å². The molecule has 2 saturated heterocycles. The smallest absolute Gasteiger partial charge is 0.271 e. The number of hydrogen-bond acceptors (Lipinski definition) is 5. The van der Waals surface area contributed by atoms with Gasteiger partial charge in [-0.3, -0.25) is 9.59 Å². The number of rotatable bonds is 6. The minimum Gasteiger partial charge on any atom is -0.493 e. The molecule has 2 aromatic rings. The number of piperidine rings is 2. The third kappa shape index (κ3) is 5.55. The van der Waals surface area contributed by atoms with Crippen LogP contribution in [0.5, 0.6) is 5.75 Å². The number of carbonyl (C=O) groups is 2. The van der Waals surface area contributed by atoms with E-state index in [-0.39, 0.29) is 17.9 Å². The average molecular weight is 489 g/mol. The standard InChI is InChI=1S/C25H33ClN4O4/c1-17-10-20(11-18(2)23(17)26)34-15-25(12-22(32)29-8-4-19(31)5-9-29)6-3-7-30(14-25)24(33)21-13-27-16-28-21/h10-11,13,16,19,31H,3-9,12,14-15H2,1-2H3,(H,27,28)/t25-/m1/s1. The molecule has 2 amide bonds. The van der Waals surface area contributed by atoms with Crippen LogP contribution in [0.15, 0.2) is 24.7 Å². The van der Waals surface area contributed by atoms with E-state index in [2.05, 4.69) is 9.97 Å². The van der Waals surface area contributed by atoms with Crippen molar-refractivity contribution in [3.8, 4) is 5.75 Å². The number of hydrogen-bond donors (Lipinski definition) is 2. The van der Waals surface area contributed by atoms with Crippen molar-refractivity contribution >= 4 is 23.4 Å². The SMILES string of the molecule is Cc1cc(OC[C@@]2(CC(=O)N3CCC(O)CC3)CCCN(C(=O)c3cnc[nH]3)C2)cc(C)c1Cl. The lowest BCUT2D eigenvalue weighted by molar-refractivity contribution is -0.137. The molecule has 2 N–H and O–H groups in total. The number of carbonyl (C=O) groups excluding carboxylic acids is 2. The number of ether oxygens (including phenoxy) is 1. The van der Waals surface area contributed by atoms with Crippen LogP contribution in [0.4, 0.5) is 0 Å². The maximum Gasteiger partial charge on any atom is 0.271 e. The van der Waals surface area contributed by atoms with E-state index in [0.29, 0.717) is 63.5 Å². The second kappa shape index (κ2) is 10.4. The van der Waals surface area contributed by atoms with Gasteiger partial charge in [0.2, 0.25) is 5.91 Å². The minimum absolute atomic E-state index is 0.0507. The molecule has 0 unspecified atom stereocenters. The molecular formula is C25H33ClN4O4. The Balaban J connectivity index is 1.53. The number of aromatic nitrogens is 2. The summed E-state index contributed by atoms with van der Waals surface area (Å²) in [4.78, 5) is 36.8. The van der Waals surface area contributed by atoms with E-state index in [1.54, 1.807) is 4.90 Å². The van der Waals surface area contributed by atoms with Crippen LogP contribution in [0.2, 0.25) is 5.02 Å². The number of likely N-dealkylation sites (tertiary alicyclic amines) is 2. The van der Waals surface area contributed by atoms with Crippen LogP contribution in [0, 0.1) is 19.3 Å². The van der Waals surface area contributed by atoms with E-state index in [1.807, 2.05) is 30.9 Å². The minimum atomic E-state index is -0.511. The summed E-state index contributed by atoms with van der Waals surface area (Å²) in [7, 11) is 0. The number of nitrogens with zero attached hydrogens (tertiary/aromatic N) is 3. The third-order valence-corrected chi connectivity index (χ3v) is 7.57. The van der Waals surface area contributed by atoms with Gasteiger partial charge in [0.1, 0.15) is 11.4 Å². The quantitative estimate of drug-likeness (QED) is 0.649. The summed E-state index contributed by atoms with van der Waals surface area (Å²) in [6, 6.07) is 3.82. The second-order valence-electron chi connectivity index (χ2n) is 9.74. The highest BCUT2D eigenvalue weighted by atomic mass is 35.5. The summed E-state index contributed by atoms with van der Waals surface area (Å²) < 4.78 is 6.26. The van der Waals surface area contributed by atoms with Gasteiger partial charge in [0.25, 0.3) is 5.91 Å². The Morgan fingerprint density at radius 2 is 1.91 bits per heavy atom. The normalized spacial score (nSPS) is 21.5. The number of H-pyrrole nitrogens is 1. The Kier molecular flexibility index (Phi) is 7.48. The topological polar surface area (TPSA) is 98.8 Å². The zero-order valence-corrected chi connectivity index (χ0v) is 20.6. The first-order valence-electron chi connectivity index (χ1n) is 11.9. The summed E-state index contributed by atoms with van der Waals surface area (Å²) >= 11 is 6.32. The van der Waals surface area contributed by atoms with Gasteiger partial charge in [0, 0.05) is 43.0 Å². The first-order chi connectivity index (χ1) is 16.3. The van der Waals surface area contributed by atoms with E-state index >= 15 is 0 Å². The molecule has 1 aromatic carbocycles. The second-order valence-corrected chi connectivity index (χ2v) is 10.1. The van der Waals surface area contributed by atoms with Crippen LogP contribution >= 0.6 is 11.6 Å². The van der Waals surface area contributed by atoms with Crippen molar-refractivity contribution in [1.29, 1.82) is 0 Å². The maximum absolute atomic E-state index is 13.3. The molecule has 3 heterocycles. The van der Waals surface area contributed by atoms with E-state index in [9.17, 15) is 14.7 Å². The van der Waals surface area contributed by atoms with Gasteiger partial charge in [-0.2, -0.15) is 0 Å². The number of aliphatic hydroxyl groups excluding tert-OH is 1. The summed E-state index contributed by atoms with van der Waals surface area (Å²) in [6.45, 7) is 6.38. The van der Waals surface area contributed by atoms with Crippen molar-refractivity contribution in [1.82, 2.24) is 19.8 Å². The summed E-state index contributed by atoms with van der Waals surface area (Å²) in [5.41, 5.74) is 1.81. The molecule has 0 aliphatic carbocycles. The first-order valence-corrected chi connectivity index (χ1v) is 12.3. The lowest BCUT2D eigenvalue weighted by atomic mass is 9.77. The number of aliphatic hydroxyl groups is 1. The lowest BCUT2D eigenvalue weighted by Gasteiger charge is -2.43. The summed E-state index contributed by atoms with van der Waals surface area (Å²) in [5, 5.41) is 10.5. The Bertz CT molecular complexity index is 997. The molecule has 0 bridgehead atoms.